The molecule has 0 bridgehead atoms. The molecule has 402 valence electrons. The lowest BCUT2D eigenvalue weighted by atomic mass is 10.1. The number of hydrogen-bond donors (Lipinski definition) is 0. The Labute approximate surface area is 433 Å². The predicted octanol–water partition coefficient (Wildman–Crippen LogP) is 19.9. The van der Waals surface area contributed by atoms with Crippen molar-refractivity contribution in [3.8, 4) is 0 Å². The molecule has 0 amide bonds. The molecule has 0 fully saturated rings. The lowest BCUT2D eigenvalue weighted by Crippen LogP contribution is -2.30. The number of carbonyl (C=O) groups excluding carboxylic acids is 3. The summed E-state index contributed by atoms with van der Waals surface area (Å²) in [6, 6.07) is 0. The number of rotatable bonds is 53. The minimum atomic E-state index is -0.789. The molecule has 0 aliphatic rings. The molecule has 0 aliphatic heterocycles. The quantitative estimate of drug-likeness (QED) is 0.0261. The van der Waals surface area contributed by atoms with E-state index >= 15 is 0 Å². The average molecular weight is 976 g/mol. The summed E-state index contributed by atoms with van der Waals surface area (Å²) in [6.07, 6.45) is 75.7. The van der Waals surface area contributed by atoms with Gasteiger partial charge in [-0.2, -0.15) is 0 Å². The second kappa shape index (κ2) is 58.2. The summed E-state index contributed by atoms with van der Waals surface area (Å²) in [6.45, 7) is 6.49. The number of unbranched alkanes of at least 4 members (excludes halogenated alkanes) is 28. The van der Waals surface area contributed by atoms with Gasteiger partial charge in [0.05, 0.1) is 0 Å². The maximum atomic E-state index is 12.9. The molecule has 0 aromatic carbocycles. The predicted molar refractivity (Wildman–Crippen MR) is 302 cm³/mol. The van der Waals surface area contributed by atoms with E-state index in [1.807, 2.05) is 0 Å². The van der Waals surface area contributed by atoms with Crippen LogP contribution in [0.1, 0.15) is 284 Å². The second-order valence-electron chi connectivity index (χ2n) is 19.5. The number of allylic oxidation sites excluding steroid dienone is 14. The molecule has 1 unspecified atom stereocenters. The van der Waals surface area contributed by atoms with Gasteiger partial charge in [-0.05, 0) is 116 Å². The zero-order chi connectivity index (χ0) is 50.7. The van der Waals surface area contributed by atoms with Crippen LogP contribution in [-0.2, 0) is 28.6 Å². The fraction of sp³-hybridized carbons (Fsp3) is 0.734. The minimum absolute atomic E-state index is 0.0865. The number of esters is 3. The van der Waals surface area contributed by atoms with Crippen LogP contribution in [0.15, 0.2) is 85.1 Å². The van der Waals surface area contributed by atoms with Crippen LogP contribution in [-0.4, -0.2) is 37.2 Å². The van der Waals surface area contributed by atoms with E-state index in [4.69, 9.17) is 14.2 Å². The molecule has 6 nitrogen and oxygen atoms in total. The highest BCUT2D eigenvalue weighted by Crippen LogP contribution is 2.15. The summed E-state index contributed by atoms with van der Waals surface area (Å²) in [7, 11) is 0. The maximum Gasteiger partial charge on any atom is 0.306 e. The van der Waals surface area contributed by atoms with Crippen LogP contribution in [0.2, 0.25) is 0 Å². The van der Waals surface area contributed by atoms with Gasteiger partial charge in [-0.15, -0.1) is 0 Å². The van der Waals surface area contributed by atoms with Crippen LogP contribution in [0.5, 0.6) is 0 Å². The monoisotopic (exact) mass is 975 g/mol. The van der Waals surface area contributed by atoms with Crippen LogP contribution < -0.4 is 0 Å². The van der Waals surface area contributed by atoms with Crippen LogP contribution in [0.3, 0.4) is 0 Å². The minimum Gasteiger partial charge on any atom is -0.462 e. The van der Waals surface area contributed by atoms with E-state index in [0.29, 0.717) is 19.3 Å². The molecular weight excluding hydrogens is 865 g/mol. The van der Waals surface area contributed by atoms with Crippen molar-refractivity contribution in [1.29, 1.82) is 0 Å². The maximum absolute atomic E-state index is 12.9. The van der Waals surface area contributed by atoms with Gasteiger partial charge in [0.2, 0.25) is 0 Å². The van der Waals surface area contributed by atoms with E-state index in [1.165, 1.54) is 128 Å². The number of hydrogen-bond acceptors (Lipinski definition) is 6. The molecule has 0 saturated heterocycles. The van der Waals surface area contributed by atoms with Gasteiger partial charge in [0.1, 0.15) is 13.2 Å². The van der Waals surface area contributed by atoms with Crippen molar-refractivity contribution in [2.75, 3.05) is 13.2 Å². The zero-order valence-corrected chi connectivity index (χ0v) is 46.0. The lowest BCUT2D eigenvalue weighted by molar-refractivity contribution is -0.167. The van der Waals surface area contributed by atoms with Gasteiger partial charge >= 0.3 is 17.9 Å². The van der Waals surface area contributed by atoms with E-state index in [1.54, 1.807) is 0 Å². The van der Waals surface area contributed by atoms with E-state index < -0.39 is 6.10 Å². The Hall–Kier alpha value is -3.41. The molecule has 70 heavy (non-hydrogen) atoms. The highest BCUT2D eigenvalue weighted by Gasteiger charge is 2.19. The molecule has 0 saturated carbocycles. The van der Waals surface area contributed by atoms with Gasteiger partial charge < -0.3 is 14.2 Å². The van der Waals surface area contributed by atoms with Crippen molar-refractivity contribution in [1.82, 2.24) is 0 Å². The first-order valence-corrected chi connectivity index (χ1v) is 29.6. The fourth-order valence-electron chi connectivity index (χ4n) is 8.16. The molecule has 6 heteroatoms. The highest BCUT2D eigenvalue weighted by atomic mass is 16.6. The lowest BCUT2D eigenvalue weighted by Gasteiger charge is -2.18. The van der Waals surface area contributed by atoms with E-state index in [0.717, 1.165) is 116 Å². The van der Waals surface area contributed by atoms with Gasteiger partial charge in [-0.3, -0.25) is 14.4 Å². The third-order valence-corrected chi connectivity index (χ3v) is 12.6. The molecule has 0 N–H and O–H groups in total. The van der Waals surface area contributed by atoms with Crippen molar-refractivity contribution in [3.63, 3.8) is 0 Å². The molecular formula is C64H110O6. The van der Waals surface area contributed by atoms with Crippen molar-refractivity contribution >= 4 is 17.9 Å². The number of ether oxygens (including phenoxy) is 3. The first kappa shape index (κ1) is 66.6. The van der Waals surface area contributed by atoms with Crippen LogP contribution in [0, 0.1) is 0 Å². The molecule has 0 radical (unpaired) electrons. The van der Waals surface area contributed by atoms with Crippen molar-refractivity contribution < 1.29 is 28.6 Å². The molecule has 0 heterocycles. The summed E-state index contributed by atoms with van der Waals surface area (Å²) in [5, 5.41) is 0. The normalized spacial score (nSPS) is 12.7. The SMILES string of the molecule is CC/C=C\C/C=C\C/C=C\C/C=C\CCCCCCCCCCCCC(=O)OCC(COC(=O)CCCCCCC/C=C\CCCCCCC)OC(=O)CCCCCCC/C=C\C/C=C\CCCCC. The molecule has 0 spiro atoms. The van der Waals surface area contributed by atoms with Crippen LogP contribution in [0.25, 0.3) is 0 Å². The topological polar surface area (TPSA) is 78.9 Å². The first-order chi connectivity index (χ1) is 34.5. The Morgan fingerprint density at radius 1 is 0.300 bits per heavy atom. The molecule has 1 atom stereocenters. The smallest absolute Gasteiger partial charge is 0.306 e. The molecule has 0 aliphatic carbocycles. The summed E-state index contributed by atoms with van der Waals surface area (Å²) < 4.78 is 16.9. The van der Waals surface area contributed by atoms with Gasteiger partial charge in [0.25, 0.3) is 0 Å². The first-order valence-electron chi connectivity index (χ1n) is 29.6. The highest BCUT2D eigenvalue weighted by molar-refractivity contribution is 5.71. The van der Waals surface area contributed by atoms with Crippen LogP contribution >= 0.6 is 0 Å². The van der Waals surface area contributed by atoms with E-state index in [9.17, 15) is 14.4 Å². The number of carbonyl (C=O) groups is 3. The molecule has 0 aromatic rings. The molecule has 0 aromatic heterocycles. The van der Waals surface area contributed by atoms with Gasteiger partial charge in [-0.1, -0.05) is 234 Å². The summed E-state index contributed by atoms with van der Waals surface area (Å²) in [4.78, 5) is 38.2. The Bertz CT molecular complexity index is 1350. The summed E-state index contributed by atoms with van der Waals surface area (Å²) in [5.41, 5.74) is 0. The largest absolute Gasteiger partial charge is 0.462 e. The fourth-order valence-corrected chi connectivity index (χ4v) is 8.16. The van der Waals surface area contributed by atoms with Crippen molar-refractivity contribution in [3.05, 3.63) is 85.1 Å². The Morgan fingerprint density at radius 3 is 0.914 bits per heavy atom. The Balaban J connectivity index is 4.36. The van der Waals surface area contributed by atoms with Gasteiger partial charge in [0.15, 0.2) is 6.10 Å². The standard InChI is InChI=1S/C64H110O6/c1-4-7-10-13-16-19-22-25-28-29-30-31-32-33-34-35-37-39-42-45-48-51-54-57-63(66)69-60-61(59-68-62(65)56-53-50-47-44-41-38-27-24-21-18-15-12-9-6-3)70-64(67)58-55-52-49-46-43-40-36-26-23-20-17-14-11-8-5-2/h7,10,16-17,19-20,24-28,30-31,36,61H,4-6,8-9,11-15,18,21-23,29,32-35,37-60H2,1-3H3/b10-7-,19-16-,20-17-,27-24-,28-25-,31-30-,36-26-. The average Bonchev–Trinajstić information content (AvgIpc) is 3.36. The van der Waals surface area contributed by atoms with Gasteiger partial charge in [0, 0.05) is 19.3 Å². The van der Waals surface area contributed by atoms with E-state index in [-0.39, 0.29) is 31.1 Å². The Kier molecular flexibility index (Phi) is 55.3. The van der Waals surface area contributed by atoms with Crippen molar-refractivity contribution in [2.45, 2.75) is 290 Å². The third-order valence-electron chi connectivity index (χ3n) is 12.6. The van der Waals surface area contributed by atoms with Crippen molar-refractivity contribution in [2.24, 2.45) is 0 Å². The molecule has 0 rings (SSSR count). The van der Waals surface area contributed by atoms with Crippen LogP contribution in [0.4, 0.5) is 0 Å². The second-order valence-corrected chi connectivity index (χ2v) is 19.5. The summed E-state index contributed by atoms with van der Waals surface area (Å²) >= 11 is 0. The summed E-state index contributed by atoms with van der Waals surface area (Å²) in [5.74, 6) is -0.906. The van der Waals surface area contributed by atoms with E-state index in [2.05, 4.69) is 106 Å². The third kappa shape index (κ3) is 55.5. The Morgan fingerprint density at radius 2 is 0.557 bits per heavy atom. The van der Waals surface area contributed by atoms with Gasteiger partial charge in [-0.25, -0.2) is 0 Å². The zero-order valence-electron chi connectivity index (χ0n) is 46.0.